The van der Waals surface area contributed by atoms with Gasteiger partial charge < -0.3 is 5.32 Å². The average Bonchev–Trinajstić information content (AvgIpc) is 2.79. The van der Waals surface area contributed by atoms with Crippen LogP contribution in [0.1, 0.15) is 18.4 Å². The van der Waals surface area contributed by atoms with E-state index in [2.05, 4.69) is 5.32 Å². The molecular weight excluding hydrogens is 452 g/mol. The number of carbonyl (C=O) groups is 1. The number of rotatable bonds is 6. The SMILES string of the molecule is CN(C)S(=O)(=O)c1ccccc1NC(=O)C1CCN(S(=O)(=O)c2ccc(C#N)cc2)CC1. The van der Waals surface area contributed by atoms with E-state index in [1.807, 2.05) is 6.07 Å². The molecule has 2 aromatic carbocycles. The summed E-state index contributed by atoms with van der Waals surface area (Å²) in [6.07, 6.45) is 0.619. The summed E-state index contributed by atoms with van der Waals surface area (Å²) < 4.78 is 53.1. The van der Waals surface area contributed by atoms with E-state index in [1.54, 1.807) is 12.1 Å². The first kappa shape index (κ1) is 23.9. The molecule has 0 spiro atoms. The summed E-state index contributed by atoms with van der Waals surface area (Å²) in [5, 5.41) is 11.6. The zero-order valence-electron chi connectivity index (χ0n) is 17.7. The van der Waals surface area contributed by atoms with Crippen molar-refractivity contribution in [2.45, 2.75) is 22.6 Å². The molecule has 1 amide bonds. The summed E-state index contributed by atoms with van der Waals surface area (Å²) >= 11 is 0. The summed E-state index contributed by atoms with van der Waals surface area (Å²) in [5.41, 5.74) is 0.565. The van der Waals surface area contributed by atoms with Gasteiger partial charge in [0, 0.05) is 33.1 Å². The van der Waals surface area contributed by atoms with Gasteiger partial charge in [-0.25, -0.2) is 21.1 Å². The van der Waals surface area contributed by atoms with Crippen molar-refractivity contribution in [1.29, 1.82) is 5.26 Å². The molecule has 1 aliphatic heterocycles. The molecular formula is C21H24N4O5S2. The van der Waals surface area contributed by atoms with Crippen molar-refractivity contribution < 1.29 is 21.6 Å². The van der Waals surface area contributed by atoms with Gasteiger partial charge in [-0.3, -0.25) is 4.79 Å². The van der Waals surface area contributed by atoms with Crippen molar-refractivity contribution in [1.82, 2.24) is 8.61 Å². The Hall–Kier alpha value is -2.78. The second-order valence-electron chi connectivity index (χ2n) is 7.59. The second-order valence-corrected chi connectivity index (χ2v) is 11.6. The molecule has 0 aromatic heterocycles. The van der Waals surface area contributed by atoms with Crippen LogP contribution in [0.2, 0.25) is 0 Å². The third-order valence-electron chi connectivity index (χ3n) is 5.35. The summed E-state index contributed by atoms with van der Waals surface area (Å²) in [6.45, 7) is 0.329. The standard InChI is InChI=1S/C21H24N4O5S2/c1-24(2)32(29,30)20-6-4-3-5-19(20)23-21(26)17-11-13-25(14-12-17)31(27,28)18-9-7-16(15-22)8-10-18/h3-10,17H,11-14H2,1-2H3,(H,23,26). The number of hydrogen-bond acceptors (Lipinski definition) is 6. The largest absolute Gasteiger partial charge is 0.325 e. The minimum atomic E-state index is -3.74. The van der Waals surface area contributed by atoms with Gasteiger partial charge in [0.15, 0.2) is 0 Å². The Bertz CT molecular complexity index is 1240. The number of piperidine rings is 1. The Morgan fingerprint density at radius 1 is 1.03 bits per heavy atom. The Morgan fingerprint density at radius 3 is 2.19 bits per heavy atom. The van der Waals surface area contributed by atoms with Crippen LogP contribution in [0.15, 0.2) is 58.3 Å². The van der Waals surface area contributed by atoms with Crippen LogP contribution in [0.5, 0.6) is 0 Å². The highest BCUT2D eigenvalue weighted by molar-refractivity contribution is 7.89. The van der Waals surface area contributed by atoms with E-state index in [0.29, 0.717) is 18.4 Å². The normalized spacial score (nSPS) is 15.9. The van der Waals surface area contributed by atoms with E-state index in [4.69, 9.17) is 5.26 Å². The first-order chi connectivity index (χ1) is 15.1. The minimum absolute atomic E-state index is 0.000760. The van der Waals surface area contributed by atoms with Gasteiger partial charge in [-0.15, -0.1) is 0 Å². The molecule has 3 rings (SSSR count). The first-order valence-corrected chi connectivity index (χ1v) is 12.8. The van der Waals surface area contributed by atoms with Crippen molar-refractivity contribution in [3.05, 3.63) is 54.1 Å². The van der Waals surface area contributed by atoms with Crippen LogP contribution in [0.3, 0.4) is 0 Å². The van der Waals surface area contributed by atoms with Crippen molar-refractivity contribution in [3.63, 3.8) is 0 Å². The smallest absolute Gasteiger partial charge is 0.244 e. The third kappa shape index (κ3) is 4.83. The lowest BCUT2D eigenvalue weighted by atomic mass is 9.97. The number of para-hydroxylation sites is 1. The van der Waals surface area contributed by atoms with E-state index >= 15 is 0 Å². The number of amides is 1. The molecule has 0 bridgehead atoms. The summed E-state index contributed by atoms with van der Waals surface area (Å²) in [6, 6.07) is 13.8. The first-order valence-electron chi connectivity index (χ1n) is 9.90. The van der Waals surface area contributed by atoms with Gasteiger partial charge in [0.25, 0.3) is 0 Å². The van der Waals surface area contributed by atoms with Gasteiger partial charge in [-0.05, 0) is 49.2 Å². The van der Waals surface area contributed by atoms with Gasteiger partial charge in [0.2, 0.25) is 26.0 Å². The highest BCUT2D eigenvalue weighted by Gasteiger charge is 2.33. The Kier molecular flexibility index (Phi) is 7.00. The van der Waals surface area contributed by atoms with Gasteiger partial charge in [-0.2, -0.15) is 9.57 Å². The minimum Gasteiger partial charge on any atom is -0.325 e. The van der Waals surface area contributed by atoms with Gasteiger partial charge in [-0.1, -0.05) is 12.1 Å². The van der Waals surface area contributed by atoms with Crippen molar-refractivity contribution in [2.24, 2.45) is 5.92 Å². The number of nitrogens with zero attached hydrogens (tertiary/aromatic N) is 3. The maximum absolute atomic E-state index is 12.8. The zero-order chi connectivity index (χ0) is 23.5. The van der Waals surface area contributed by atoms with Crippen LogP contribution in [-0.4, -0.2) is 58.5 Å². The Morgan fingerprint density at radius 2 is 1.62 bits per heavy atom. The summed E-state index contributed by atoms with van der Waals surface area (Å²) in [5.74, 6) is -0.792. The molecule has 0 saturated carbocycles. The number of hydrogen-bond donors (Lipinski definition) is 1. The molecule has 0 aliphatic carbocycles. The van der Waals surface area contributed by atoms with Gasteiger partial charge in [0.05, 0.1) is 22.2 Å². The maximum atomic E-state index is 12.8. The fourth-order valence-electron chi connectivity index (χ4n) is 3.44. The molecule has 32 heavy (non-hydrogen) atoms. The van der Waals surface area contributed by atoms with E-state index in [-0.39, 0.29) is 34.5 Å². The quantitative estimate of drug-likeness (QED) is 0.678. The highest BCUT2D eigenvalue weighted by atomic mass is 32.2. The second kappa shape index (κ2) is 9.38. The van der Waals surface area contributed by atoms with Crippen LogP contribution in [0, 0.1) is 17.2 Å². The Labute approximate surface area is 188 Å². The molecule has 0 atom stereocenters. The molecule has 1 fully saturated rings. The van der Waals surface area contributed by atoms with Crippen molar-refractivity contribution in [3.8, 4) is 6.07 Å². The van der Waals surface area contributed by atoms with Crippen LogP contribution >= 0.6 is 0 Å². The van der Waals surface area contributed by atoms with E-state index in [1.165, 1.54) is 54.8 Å². The lowest BCUT2D eigenvalue weighted by molar-refractivity contribution is -0.120. The topological polar surface area (TPSA) is 128 Å². The predicted molar refractivity (Wildman–Crippen MR) is 119 cm³/mol. The van der Waals surface area contributed by atoms with Crippen molar-refractivity contribution >= 4 is 31.6 Å². The molecule has 0 unspecified atom stereocenters. The molecule has 0 radical (unpaired) electrons. The molecule has 2 aromatic rings. The number of nitrogens with one attached hydrogen (secondary N) is 1. The van der Waals surface area contributed by atoms with Gasteiger partial charge in [0.1, 0.15) is 4.90 Å². The highest BCUT2D eigenvalue weighted by Crippen LogP contribution is 2.27. The molecule has 11 heteroatoms. The summed E-state index contributed by atoms with van der Waals surface area (Å²) in [4.78, 5) is 12.9. The number of carbonyl (C=O) groups excluding carboxylic acids is 1. The zero-order valence-corrected chi connectivity index (χ0v) is 19.4. The van der Waals surface area contributed by atoms with E-state index in [9.17, 15) is 21.6 Å². The predicted octanol–water partition coefficient (Wildman–Crippen LogP) is 1.85. The monoisotopic (exact) mass is 476 g/mol. The van der Waals surface area contributed by atoms with E-state index in [0.717, 1.165) is 4.31 Å². The molecule has 1 saturated heterocycles. The van der Waals surface area contributed by atoms with Gasteiger partial charge >= 0.3 is 0 Å². The fourth-order valence-corrected chi connectivity index (χ4v) is 5.95. The number of sulfonamides is 2. The third-order valence-corrected chi connectivity index (χ3v) is 9.14. The number of anilines is 1. The van der Waals surface area contributed by atoms with Crippen LogP contribution in [0.25, 0.3) is 0 Å². The Balaban J connectivity index is 1.69. The molecule has 1 heterocycles. The average molecular weight is 477 g/mol. The molecule has 1 N–H and O–H groups in total. The lowest BCUT2D eigenvalue weighted by Gasteiger charge is -2.30. The number of nitriles is 1. The van der Waals surface area contributed by atoms with E-state index < -0.39 is 26.0 Å². The lowest BCUT2D eigenvalue weighted by Crippen LogP contribution is -2.41. The van der Waals surface area contributed by atoms with Crippen LogP contribution in [-0.2, 0) is 24.8 Å². The molecule has 1 aliphatic rings. The van der Waals surface area contributed by atoms with Crippen LogP contribution in [0.4, 0.5) is 5.69 Å². The maximum Gasteiger partial charge on any atom is 0.244 e. The summed E-state index contributed by atoms with van der Waals surface area (Å²) in [7, 11) is -4.63. The van der Waals surface area contributed by atoms with Crippen molar-refractivity contribution in [2.75, 3.05) is 32.5 Å². The van der Waals surface area contributed by atoms with Crippen LogP contribution < -0.4 is 5.32 Å². The number of benzene rings is 2. The fraction of sp³-hybridized carbons (Fsp3) is 0.333. The molecule has 9 nitrogen and oxygen atoms in total. The molecule has 170 valence electrons.